The average Bonchev–Trinajstić information content (AvgIpc) is 3.35. The van der Waals surface area contributed by atoms with E-state index in [1.165, 1.54) is 21.8 Å². The Balaban J connectivity index is 0.00000109. The lowest BCUT2D eigenvalue weighted by molar-refractivity contribution is 0.1000. The molecule has 2 aromatic heterocycles. The molecule has 1 unspecified atom stereocenters. The molecule has 1 aliphatic rings. The lowest BCUT2D eigenvalue weighted by atomic mass is 9.67. The van der Waals surface area contributed by atoms with Gasteiger partial charge in [0, 0.05) is 29.2 Å². The molecule has 28 heavy (non-hydrogen) atoms. The molecule has 0 spiro atoms. The van der Waals surface area contributed by atoms with Gasteiger partial charge in [-0.3, -0.25) is 9.48 Å². The molecule has 6 heteroatoms. The first-order valence-electron chi connectivity index (χ1n) is 9.82. The van der Waals surface area contributed by atoms with Gasteiger partial charge >= 0.3 is 0 Å². The first-order chi connectivity index (χ1) is 13.6. The molecule has 1 atom stereocenters. The number of primary amides is 1. The summed E-state index contributed by atoms with van der Waals surface area (Å²) in [7, 11) is 0. The van der Waals surface area contributed by atoms with Crippen LogP contribution in [0.1, 0.15) is 53.1 Å². The second-order valence-electron chi connectivity index (χ2n) is 6.95. The fraction of sp³-hybridized carbons (Fsp3) is 0.364. The molecule has 4 rings (SSSR count). The highest BCUT2D eigenvalue weighted by Crippen LogP contribution is 2.46. The van der Waals surface area contributed by atoms with Crippen molar-refractivity contribution >= 4 is 22.2 Å². The zero-order valence-electron chi connectivity index (χ0n) is 16.5. The highest BCUT2D eigenvalue weighted by molar-refractivity contribution is 7.16. The van der Waals surface area contributed by atoms with E-state index in [2.05, 4.69) is 29.4 Å². The van der Waals surface area contributed by atoms with Gasteiger partial charge in [0.15, 0.2) is 0 Å². The molecule has 1 aromatic carbocycles. The number of benzene rings is 1. The van der Waals surface area contributed by atoms with Crippen LogP contribution in [0.3, 0.4) is 0 Å². The average molecular weight is 397 g/mol. The standard InChI is InChI=1S/C20H22N4OS.C2H6/c21-18(25)17-15-7-8-20(13-16(15)26-19(17)22,14-5-2-1-3-6-14)9-12-24-11-4-10-23-24;1-2/h1-6,10-11H,7-9,12-13,22H2,(H2,21,25);1-2H3. The molecule has 0 bridgehead atoms. The molecule has 2 heterocycles. The number of carbonyl (C=O) groups excluding carboxylic acids is 1. The van der Waals surface area contributed by atoms with E-state index < -0.39 is 5.91 Å². The Morgan fingerprint density at radius 3 is 2.64 bits per heavy atom. The van der Waals surface area contributed by atoms with Crippen LogP contribution in [0.15, 0.2) is 48.8 Å². The summed E-state index contributed by atoms with van der Waals surface area (Å²) in [6.45, 7) is 4.86. The van der Waals surface area contributed by atoms with Crippen LogP contribution in [0.4, 0.5) is 5.00 Å². The zero-order valence-corrected chi connectivity index (χ0v) is 17.3. The fourth-order valence-corrected chi connectivity index (χ4v) is 5.40. The molecule has 0 fully saturated rings. The molecule has 0 saturated carbocycles. The van der Waals surface area contributed by atoms with Gasteiger partial charge in [0.1, 0.15) is 0 Å². The molecule has 4 N–H and O–H groups in total. The van der Waals surface area contributed by atoms with Crippen molar-refractivity contribution in [3.8, 4) is 0 Å². The molecule has 1 amide bonds. The summed E-state index contributed by atoms with van der Waals surface area (Å²) < 4.78 is 1.98. The number of hydrogen-bond acceptors (Lipinski definition) is 4. The number of amides is 1. The monoisotopic (exact) mass is 396 g/mol. The van der Waals surface area contributed by atoms with Crippen LogP contribution in [0.2, 0.25) is 0 Å². The normalized spacial score (nSPS) is 18.1. The first kappa shape index (κ1) is 20.1. The van der Waals surface area contributed by atoms with Crippen LogP contribution in [0.25, 0.3) is 0 Å². The maximum absolute atomic E-state index is 11.8. The third-order valence-corrected chi connectivity index (χ3v) is 6.54. The van der Waals surface area contributed by atoms with E-state index in [4.69, 9.17) is 11.5 Å². The van der Waals surface area contributed by atoms with E-state index >= 15 is 0 Å². The Hall–Kier alpha value is -2.60. The van der Waals surface area contributed by atoms with E-state index in [9.17, 15) is 4.79 Å². The predicted molar refractivity (Wildman–Crippen MR) is 116 cm³/mol. The zero-order chi connectivity index (χ0) is 20.1. The summed E-state index contributed by atoms with van der Waals surface area (Å²) in [5, 5.41) is 4.90. The van der Waals surface area contributed by atoms with Gasteiger partial charge in [-0.15, -0.1) is 11.3 Å². The largest absolute Gasteiger partial charge is 0.390 e. The minimum Gasteiger partial charge on any atom is -0.390 e. The summed E-state index contributed by atoms with van der Waals surface area (Å²) in [6.07, 6.45) is 7.49. The quantitative estimate of drug-likeness (QED) is 0.678. The smallest absolute Gasteiger partial charge is 0.251 e. The van der Waals surface area contributed by atoms with Crippen molar-refractivity contribution < 1.29 is 4.79 Å². The topological polar surface area (TPSA) is 86.9 Å². The fourth-order valence-electron chi connectivity index (χ4n) is 4.13. The van der Waals surface area contributed by atoms with Crippen molar-refractivity contribution in [2.75, 3.05) is 5.73 Å². The SMILES string of the molecule is CC.NC(=O)c1c(N)sc2c1CCC(CCn1cccn1)(c1ccccc1)C2. The van der Waals surface area contributed by atoms with Crippen LogP contribution in [-0.2, 0) is 24.8 Å². The molecule has 1 aliphatic carbocycles. The van der Waals surface area contributed by atoms with Gasteiger partial charge in [-0.05, 0) is 42.9 Å². The summed E-state index contributed by atoms with van der Waals surface area (Å²) >= 11 is 1.52. The molecule has 5 nitrogen and oxygen atoms in total. The Morgan fingerprint density at radius 1 is 1.25 bits per heavy atom. The summed E-state index contributed by atoms with van der Waals surface area (Å²) in [6, 6.07) is 12.6. The number of nitrogens with two attached hydrogens (primary N) is 2. The van der Waals surface area contributed by atoms with Gasteiger partial charge in [-0.2, -0.15) is 5.10 Å². The number of nitrogen functional groups attached to an aromatic ring is 1. The van der Waals surface area contributed by atoms with Crippen molar-refractivity contribution in [2.24, 2.45) is 5.73 Å². The second kappa shape index (κ2) is 8.61. The Morgan fingerprint density at radius 2 is 2.00 bits per heavy atom. The van der Waals surface area contributed by atoms with E-state index in [1.807, 2.05) is 43.1 Å². The Kier molecular flexibility index (Phi) is 6.19. The molecule has 148 valence electrons. The summed E-state index contributed by atoms with van der Waals surface area (Å²) in [4.78, 5) is 13.0. The minimum absolute atomic E-state index is 0.0203. The van der Waals surface area contributed by atoms with Crippen molar-refractivity contribution in [3.63, 3.8) is 0 Å². The first-order valence-corrected chi connectivity index (χ1v) is 10.6. The predicted octanol–water partition coefficient (Wildman–Crippen LogP) is 4.17. The summed E-state index contributed by atoms with van der Waals surface area (Å²) in [5.41, 5.74) is 14.6. The minimum atomic E-state index is -0.413. The third kappa shape index (κ3) is 3.83. The number of carbonyl (C=O) groups is 1. The lowest BCUT2D eigenvalue weighted by Crippen LogP contribution is -2.34. The maximum atomic E-state index is 11.8. The molecular formula is C22H28N4OS. The van der Waals surface area contributed by atoms with Crippen molar-refractivity contribution in [1.29, 1.82) is 0 Å². The number of nitrogens with zero attached hydrogens (tertiary/aromatic N) is 2. The molecule has 0 aliphatic heterocycles. The Labute approximate surface area is 170 Å². The van der Waals surface area contributed by atoms with E-state index in [1.54, 1.807) is 0 Å². The van der Waals surface area contributed by atoms with Crippen LogP contribution in [-0.4, -0.2) is 15.7 Å². The van der Waals surface area contributed by atoms with Crippen molar-refractivity contribution in [3.05, 3.63) is 70.4 Å². The van der Waals surface area contributed by atoms with Crippen LogP contribution in [0, 0.1) is 0 Å². The molecule has 3 aromatic rings. The number of hydrogen-bond donors (Lipinski definition) is 2. The van der Waals surface area contributed by atoms with Crippen molar-refractivity contribution in [1.82, 2.24) is 9.78 Å². The van der Waals surface area contributed by atoms with E-state index in [0.717, 1.165) is 37.8 Å². The van der Waals surface area contributed by atoms with Crippen LogP contribution < -0.4 is 11.5 Å². The number of aromatic nitrogens is 2. The Bertz CT molecular complexity index is 918. The van der Waals surface area contributed by atoms with Crippen LogP contribution >= 0.6 is 11.3 Å². The van der Waals surface area contributed by atoms with Gasteiger partial charge < -0.3 is 11.5 Å². The molecular weight excluding hydrogens is 368 g/mol. The molecule has 0 saturated heterocycles. The maximum Gasteiger partial charge on any atom is 0.251 e. The number of rotatable bonds is 5. The number of fused-ring (bicyclic) bond motifs is 1. The number of anilines is 1. The highest BCUT2D eigenvalue weighted by atomic mass is 32.1. The second-order valence-corrected chi connectivity index (χ2v) is 8.09. The van der Waals surface area contributed by atoms with E-state index in [0.29, 0.717) is 10.6 Å². The van der Waals surface area contributed by atoms with Gasteiger partial charge in [0.05, 0.1) is 10.6 Å². The lowest BCUT2D eigenvalue weighted by Gasteiger charge is -2.38. The van der Waals surface area contributed by atoms with Gasteiger partial charge in [-0.1, -0.05) is 44.2 Å². The summed E-state index contributed by atoms with van der Waals surface area (Å²) in [5.74, 6) is -0.413. The van der Waals surface area contributed by atoms with Gasteiger partial charge in [-0.25, -0.2) is 0 Å². The van der Waals surface area contributed by atoms with Gasteiger partial charge in [0.25, 0.3) is 5.91 Å². The van der Waals surface area contributed by atoms with Crippen LogP contribution in [0.5, 0.6) is 0 Å². The van der Waals surface area contributed by atoms with Gasteiger partial charge in [0.2, 0.25) is 0 Å². The highest BCUT2D eigenvalue weighted by Gasteiger charge is 2.38. The van der Waals surface area contributed by atoms with E-state index in [-0.39, 0.29) is 5.41 Å². The number of thiophene rings is 1. The van der Waals surface area contributed by atoms with Crippen molar-refractivity contribution in [2.45, 2.75) is 51.5 Å². The third-order valence-electron chi connectivity index (χ3n) is 5.48. The molecule has 0 radical (unpaired) electrons. The number of aryl methyl sites for hydroxylation is 1.